The predicted molar refractivity (Wildman–Crippen MR) is 72.0 cm³/mol. The third-order valence-electron chi connectivity index (χ3n) is 2.37. The summed E-state index contributed by atoms with van der Waals surface area (Å²) in [6.45, 7) is 2.06. The minimum Gasteiger partial charge on any atom is -0.493 e. The number of amides is 1. The summed E-state index contributed by atoms with van der Waals surface area (Å²) in [5.41, 5.74) is -0.505. The molecule has 0 bridgehead atoms. The van der Waals surface area contributed by atoms with Crippen LogP contribution in [0.5, 0.6) is 11.5 Å². The molecule has 0 saturated carbocycles. The number of nitrogens with zero attached hydrogens (tertiary/aromatic N) is 1. The van der Waals surface area contributed by atoms with E-state index in [1.54, 1.807) is 6.92 Å². The number of hydrogen-bond donors (Lipinski definition) is 1. The maximum absolute atomic E-state index is 11.9. The second-order valence-corrected chi connectivity index (χ2v) is 3.60. The van der Waals surface area contributed by atoms with Gasteiger partial charge in [-0.2, -0.15) is 0 Å². The summed E-state index contributed by atoms with van der Waals surface area (Å²) in [7, 11) is 1.36. The van der Waals surface area contributed by atoms with Gasteiger partial charge in [0.15, 0.2) is 11.5 Å². The van der Waals surface area contributed by atoms with Crippen LogP contribution in [-0.2, 0) is 0 Å². The Hall–Kier alpha value is -2.75. The third kappa shape index (κ3) is 3.38. The largest absolute Gasteiger partial charge is 0.493 e. The Labute approximate surface area is 116 Å². The lowest BCUT2D eigenvalue weighted by molar-refractivity contribution is -0.385. The molecule has 0 aliphatic carbocycles. The van der Waals surface area contributed by atoms with E-state index >= 15 is 0 Å². The molecule has 7 nitrogen and oxygen atoms in total. The second kappa shape index (κ2) is 6.99. The summed E-state index contributed by atoms with van der Waals surface area (Å²) in [5, 5.41) is 13.4. The highest BCUT2D eigenvalue weighted by atomic mass is 16.6. The van der Waals surface area contributed by atoms with Gasteiger partial charge in [0.2, 0.25) is 0 Å². The lowest BCUT2D eigenvalue weighted by Gasteiger charge is -2.11. The number of nitro benzene ring substituents is 1. The van der Waals surface area contributed by atoms with Crippen molar-refractivity contribution in [1.82, 2.24) is 5.32 Å². The maximum atomic E-state index is 11.9. The van der Waals surface area contributed by atoms with Gasteiger partial charge in [0.05, 0.1) is 31.3 Å². The summed E-state index contributed by atoms with van der Waals surface area (Å²) < 4.78 is 10.3. The van der Waals surface area contributed by atoms with E-state index in [0.29, 0.717) is 6.61 Å². The minimum atomic E-state index is -0.664. The summed E-state index contributed by atoms with van der Waals surface area (Å²) >= 11 is 0. The van der Waals surface area contributed by atoms with Gasteiger partial charge in [0.25, 0.3) is 11.6 Å². The molecule has 20 heavy (non-hydrogen) atoms. The van der Waals surface area contributed by atoms with Crippen LogP contribution >= 0.6 is 0 Å². The fourth-order valence-corrected chi connectivity index (χ4v) is 1.54. The van der Waals surface area contributed by atoms with Crippen LogP contribution < -0.4 is 14.8 Å². The number of nitro groups is 1. The maximum Gasteiger partial charge on any atom is 0.286 e. The molecule has 1 aromatic carbocycles. The number of rotatable bonds is 6. The van der Waals surface area contributed by atoms with E-state index in [1.165, 1.54) is 13.2 Å². The molecule has 7 heteroatoms. The Morgan fingerprint density at radius 3 is 2.70 bits per heavy atom. The molecule has 0 aliphatic rings. The standard InChI is InChI=1S/C13H14N2O5/c1-4-6-14-13(16)9-7-12(20-5-2)11(19-3)8-10(9)15(17)18/h1,7-8H,5-6H2,2-3H3,(H,14,16). The van der Waals surface area contributed by atoms with Crippen LogP contribution in [0.25, 0.3) is 0 Å². The van der Waals surface area contributed by atoms with E-state index in [0.717, 1.165) is 6.07 Å². The first-order valence-corrected chi connectivity index (χ1v) is 5.76. The van der Waals surface area contributed by atoms with Crippen LogP contribution in [0.3, 0.4) is 0 Å². The molecule has 0 aromatic heterocycles. The molecule has 0 aliphatic heterocycles. The van der Waals surface area contributed by atoms with Crippen molar-refractivity contribution in [2.75, 3.05) is 20.3 Å². The van der Waals surface area contributed by atoms with Crippen molar-refractivity contribution in [1.29, 1.82) is 0 Å². The zero-order chi connectivity index (χ0) is 15.1. The monoisotopic (exact) mass is 278 g/mol. The first kappa shape index (κ1) is 15.3. The fraction of sp³-hybridized carbons (Fsp3) is 0.308. The van der Waals surface area contributed by atoms with Crippen molar-refractivity contribution < 1.29 is 19.2 Å². The highest BCUT2D eigenvalue weighted by Gasteiger charge is 2.24. The number of carbonyl (C=O) groups excluding carboxylic acids is 1. The lowest BCUT2D eigenvalue weighted by atomic mass is 10.1. The van der Waals surface area contributed by atoms with Crippen LogP contribution in [0.2, 0.25) is 0 Å². The number of nitrogens with one attached hydrogen (secondary N) is 1. The smallest absolute Gasteiger partial charge is 0.286 e. The number of carbonyl (C=O) groups is 1. The quantitative estimate of drug-likeness (QED) is 0.482. The van der Waals surface area contributed by atoms with Gasteiger partial charge >= 0.3 is 0 Å². The summed E-state index contributed by atoms with van der Waals surface area (Å²) in [5.74, 6) is 2.02. The zero-order valence-electron chi connectivity index (χ0n) is 11.1. The molecule has 0 radical (unpaired) electrons. The number of benzene rings is 1. The molecule has 106 valence electrons. The van der Waals surface area contributed by atoms with Crippen LogP contribution in [0.4, 0.5) is 5.69 Å². The summed E-state index contributed by atoms with van der Waals surface area (Å²) in [4.78, 5) is 22.2. The predicted octanol–water partition coefficient (Wildman–Crippen LogP) is 1.37. The molecule has 0 unspecified atom stereocenters. The Kier molecular flexibility index (Phi) is 5.35. The Morgan fingerprint density at radius 2 is 2.20 bits per heavy atom. The van der Waals surface area contributed by atoms with E-state index in [-0.39, 0.29) is 29.3 Å². The number of terminal acetylenes is 1. The molecule has 1 aromatic rings. The van der Waals surface area contributed by atoms with Gasteiger partial charge in [-0.1, -0.05) is 5.92 Å². The van der Waals surface area contributed by atoms with Gasteiger partial charge in [-0.3, -0.25) is 14.9 Å². The second-order valence-electron chi connectivity index (χ2n) is 3.60. The Morgan fingerprint density at radius 1 is 1.50 bits per heavy atom. The molecule has 0 heterocycles. The molecule has 1 amide bonds. The lowest BCUT2D eigenvalue weighted by Crippen LogP contribution is -2.24. The Balaban J connectivity index is 3.32. The summed E-state index contributed by atoms with van der Waals surface area (Å²) in [6.07, 6.45) is 5.03. The van der Waals surface area contributed by atoms with Crippen LogP contribution in [0.15, 0.2) is 12.1 Å². The topological polar surface area (TPSA) is 90.7 Å². The first-order valence-electron chi connectivity index (χ1n) is 5.76. The molecule has 0 spiro atoms. The van der Waals surface area contributed by atoms with Gasteiger partial charge in [-0.15, -0.1) is 6.42 Å². The van der Waals surface area contributed by atoms with Gasteiger partial charge in [-0.25, -0.2) is 0 Å². The minimum absolute atomic E-state index is 0.0218. The van der Waals surface area contributed by atoms with E-state index in [1.807, 2.05) is 0 Å². The fourth-order valence-electron chi connectivity index (χ4n) is 1.54. The summed E-state index contributed by atoms with van der Waals surface area (Å²) in [6, 6.07) is 2.42. The molecular formula is C13H14N2O5. The highest BCUT2D eigenvalue weighted by molar-refractivity contribution is 5.99. The average molecular weight is 278 g/mol. The number of methoxy groups -OCH3 is 1. The van der Waals surface area contributed by atoms with Crippen molar-refractivity contribution in [2.24, 2.45) is 0 Å². The van der Waals surface area contributed by atoms with Crippen LogP contribution in [-0.4, -0.2) is 31.1 Å². The van der Waals surface area contributed by atoms with E-state index in [4.69, 9.17) is 15.9 Å². The van der Waals surface area contributed by atoms with Crippen molar-refractivity contribution in [3.05, 3.63) is 27.8 Å². The van der Waals surface area contributed by atoms with Gasteiger partial charge < -0.3 is 14.8 Å². The Bertz CT molecular complexity index is 563. The molecule has 0 saturated heterocycles. The average Bonchev–Trinajstić information content (AvgIpc) is 2.44. The van der Waals surface area contributed by atoms with Crippen molar-refractivity contribution in [3.8, 4) is 23.8 Å². The van der Waals surface area contributed by atoms with E-state index < -0.39 is 10.8 Å². The van der Waals surface area contributed by atoms with Crippen LogP contribution in [0, 0.1) is 22.5 Å². The van der Waals surface area contributed by atoms with Gasteiger partial charge in [0.1, 0.15) is 5.56 Å². The number of ether oxygens (including phenoxy) is 2. The molecule has 1 N–H and O–H groups in total. The van der Waals surface area contributed by atoms with E-state index in [2.05, 4.69) is 11.2 Å². The molecule has 0 atom stereocenters. The third-order valence-corrected chi connectivity index (χ3v) is 2.37. The van der Waals surface area contributed by atoms with Crippen LogP contribution in [0.1, 0.15) is 17.3 Å². The molecule has 1 rings (SSSR count). The highest BCUT2D eigenvalue weighted by Crippen LogP contribution is 2.34. The normalized spacial score (nSPS) is 9.45. The molecule has 0 fully saturated rings. The van der Waals surface area contributed by atoms with Gasteiger partial charge in [-0.05, 0) is 6.92 Å². The molecular weight excluding hydrogens is 264 g/mol. The first-order chi connectivity index (χ1) is 9.54. The van der Waals surface area contributed by atoms with Crippen molar-refractivity contribution in [2.45, 2.75) is 6.92 Å². The SMILES string of the molecule is C#CCNC(=O)c1cc(OCC)c(OC)cc1[N+](=O)[O-]. The van der Waals surface area contributed by atoms with Gasteiger partial charge in [0, 0.05) is 6.07 Å². The zero-order valence-corrected chi connectivity index (χ0v) is 11.1. The number of hydrogen-bond acceptors (Lipinski definition) is 5. The van der Waals surface area contributed by atoms with Crippen molar-refractivity contribution >= 4 is 11.6 Å². The van der Waals surface area contributed by atoms with Crippen molar-refractivity contribution in [3.63, 3.8) is 0 Å². The van der Waals surface area contributed by atoms with E-state index in [9.17, 15) is 14.9 Å².